The van der Waals surface area contributed by atoms with E-state index in [1.807, 2.05) is 11.8 Å². The van der Waals surface area contributed by atoms with Crippen LogP contribution >= 0.6 is 11.6 Å². The molecule has 0 spiro atoms. The predicted octanol–water partition coefficient (Wildman–Crippen LogP) is 4.98. The van der Waals surface area contributed by atoms with E-state index in [0.29, 0.717) is 31.9 Å². The zero-order valence-electron chi connectivity index (χ0n) is 34.4. The monoisotopic (exact) mass is 856 g/mol. The van der Waals surface area contributed by atoms with Crippen LogP contribution in [0.4, 0.5) is 23.2 Å². The molecular weight excluding hydrogens is 806 g/mol. The van der Waals surface area contributed by atoms with Crippen LogP contribution in [0, 0.1) is 24.5 Å². The highest BCUT2D eigenvalue weighted by Gasteiger charge is 2.35. The molecule has 3 heterocycles. The Kier molecular flexibility index (Phi) is 13.7. The van der Waals surface area contributed by atoms with E-state index < -0.39 is 29.4 Å². The minimum Gasteiger partial charge on any atom is -0.352 e. The lowest BCUT2D eigenvalue weighted by Crippen LogP contribution is -3.05. The van der Waals surface area contributed by atoms with E-state index in [9.17, 15) is 28.0 Å². The Balaban J connectivity index is 1.07. The van der Waals surface area contributed by atoms with Crippen LogP contribution in [-0.2, 0) is 23.2 Å². The molecule has 322 valence electrons. The number of piperazine rings is 1. The lowest BCUT2D eigenvalue weighted by molar-refractivity contribution is -0.858. The largest absolute Gasteiger partial charge is 0.352 e. The third-order valence-corrected chi connectivity index (χ3v) is 11.7. The summed E-state index contributed by atoms with van der Waals surface area (Å²) in [6.07, 6.45) is 3.97. The molecule has 1 saturated carbocycles. The topological polar surface area (TPSA) is 139 Å². The molecule has 1 atom stereocenters. The number of hydrogen-bond donors (Lipinski definition) is 3. The summed E-state index contributed by atoms with van der Waals surface area (Å²) in [5, 5.41) is 9.83. The van der Waals surface area contributed by atoms with Crippen LogP contribution in [0.1, 0.15) is 72.1 Å². The number of aromatic nitrogens is 4. The van der Waals surface area contributed by atoms with E-state index in [4.69, 9.17) is 11.6 Å². The van der Waals surface area contributed by atoms with Gasteiger partial charge in [-0.25, -0.2) is 22.5 Å². The van der Waals surface area contributed by atoms with Crippen molar-refractivity contribution in [2.75, 3.05) is 52.1 Å². The molecule has 2 aromatic carbocycles. The summed E-state index contributed by atoms with van der Waals surface area (Å²) >= 11 is 6.55. The van der Waals surface area contributed by atoms with Crippen molar-refractivity contribution < 1.29 is 41.6 Å². The first-order valence-corrected chi connectivity index (χ1v) is 20.5. The Hall–Kier alpha value is -5.29. The lowest BCUT2D eigenvalue weighted by Gasteiger charge is -2.36. The van der Waals surface area contributed by atoms with Crippen LogP contribution in [-0.4, -0.2) is 112 Å². The number of alkyl halides is 2. The van der Waals surface area contributed by atoms with E-state index >= 15 is 8.78 Å². The fourth-order valence-corrected chi connectivity index (χ4v) is 8.03. The van der Waals surface area contributed by atoms with Crippen LogP contribution in [0.2, 0.25) is 5.02 Å². The minimum atomic E-state index is -2.72. The van der Waals surface area contributed by atoms with Gasteiger partial charge < -0.3 is 29.9 Å². The molecule has 4 amide bonds. The Morgan fingerprint density at radius 1 is 0.967 bits per heavy atom. The van der Waals surface area contributed by atoms with Gasteiger partial charge in [0.15, 0.2) is 17.5 Å². The smallest absolute Gasteiger partial charge is 0.291 e. The zero-order valence-corrected chi connectivity index (χ0v) is 35.1. The van der Waals surface area contributed by atoms with E-state index in [1.165, 1.54) is 63.9 Å². The number of anilines is 1. The molecule has 13 nitrogen and oxygen atoms in total. The normalized spacial score (nSPS) is 16.2. The number of hydrogen-bond acceptors (Lipinski definition) is 6. The molecule has 4 aromatic rings. The first-order valence-electron chi connectivity index (χ1n) is 20.2. The summed E-state index contributed by atoms with van der Waals surface area (Å²) in [7, 11) is 5.60. The Bertz CT molecular complexity index is 2240. The van der Waals surface area contributed by atoms with Gasteiger partial charge in [-0.15, -0.1) is 0 Å². The standard InChI is InChI=1S/C42H50ClF4N9O4/c1-6-26(13-16-52(3)4)40(59)54-17-19-55(20-18-54)41(60)30-8-7-28(21-33(30)43)50-39(58)38-48-22-34(53(38)5)31-10-9-29(36(44)37(31)45)32-23-56(51-25(32)2)24-35(57)49-27-11-14-42(46,47)15-12-27/h7-10,21-23,26-27H,6,11-20,24H2,1-5H3,(H,49,57)(H,50,58)/p+1. The van der Waals surface area contributed by atoms with Gasteiger partial charge in [0.2, 0.25) is 17.7 Å². The average molecular weight is 857 g/mol. The molecule has 0 bridgehead atoms. The zero-order chi connectivity index (χ0) is 43.5. The number of rotatable bonds is 13. The van der Waals surface area contributed by atoms with Gasteiger partial charge in [-0.3, -0.25) is 23.9 Å². The number of aryl methyl sites for hydroxylation is 1. The number of quaternary nitrogens is 1. The SMILES string of the molecule is CCC(CC[NH+](C)C)C(=O)N1CCN(C(=O)c2ccc(NC(=O)c3ncc(-c4ccc(-c5cn(CC(=O)NC6CCC(F)(F)CC6)nc5C)c(F)c4F)n3C)cc2Cl)CC1. The molecule has 1 aliphatic heterocycles. The summed E-state index contributed by atoms with van der Waals surface area (Å²) in [6.45, 7) is 5.87. The van der Waals surface area contributed by atoms with Crippen LogP contribution in [0.5, 0.6) is 0 Å². The second-order valence-corrected chi connectivity index (χ2v) is 16.4. The third kappa shape index (κ3) is 10.0. The van der Waals surface area contributed by atoms with Crippen LogP contribution in [0.15, 0.2) is 42.7 Å². The van der Waals surface area contributed by atoms with Gasteiger partial charge in [0.05, 0.1) is 48.8 Å². The van der Waals surface area contributed by atoms with Gasteiger partial charge in [-0.05, 0) is 50.5 Å². The number of carbonyl (C=O) groups excluding carboxylic acids is 4. The second kappa shape index (κ2) is 18.5. The fourth-order valence-electron chi connectivity index (χ4n) is 7.77. The van der Waals surface area contributed by atoms with Gasteiger partial charge >= 0.3 is 0 Å². The lowest BCUT2D eigenvalue weighted by atomic mass is 9.92. The molecule has 1 unspecified atom stereocenters. The minimum absolute atomic E-state index is 0.0478. The first-order chi connectivity index (χ1) is 28.5. The highest BCUT2D eigenvalue weighted by atomic mass is 35.5. The molecule has 60 heavy (non-hydrogen) atoms. The van der Waals surface area contributed by atoms with Crippen molar-refractivity contribution in [1.82, 2.24) is 34.4 Å². The summed E-state index contributed by atoms with van der Waals surface area (Å²) in [4.78, 5) is 61.5. The predicted molar refractivity (Wildman–Crippen MR) is 218 cm³/mol. The van der Waals surface area contributed by atoms with Crippen LogP contribution in [0.3, 0.4) is 0 Å². The maximum atomic E-state index is 15.7. The molecule has 1 aliphatic carbocycles. The van der Waals surface area contributed by atoms with Crippen molar-refractivity contribution in [2.24, 2.45) is 13.0 Å². The second-order valence-electron chi connectivity index (χ2n) is 16.0. The number of halogens is 5. The number of imidazole rings is 1. The molecule has 6 rings (SSSR count). The van der Waals surface area contributed by atoms with E-state index in [2.05, 4.69) is 34.8 Å². The average Bonchev–Trinajstić information content (AvgIpc) is 3.77. The Morgan fingerprint density at radius 2 is 1.62 bits per heavy atom. The van der Waals surface area contributed by atoms with Crippen molar-refractivity contribution in [3.05, 3.63) is 76.5 Å². The maximum Gasteiger partial charge on any atom is 0.291 e. The molecule has 0 radical (unpaired) electrons. The number of nitrogens with zero attached hydrogens (tertiary/aromatic N) is 6. The molecule has 2 aliphatic rings. The van der Waals surface area contributed by atoms with Crippen LogP contribution < -0.4 is 15.5 Å². The van der Waals surface area contributed by atoms with Crippen molar-refractivity contribution in [3.8, 4) is 22.4 Å². The van der Waals surface area contributed by atoms with Gasteiger partial charge in [0.1, 0.15) is 6.54 Å². The van der Waals surface area contributed by atoms with Crippen molar-refractivity contribution >= 4 is 40.9 Å². The number of carbonyl (C=O) groups is 4. The molecule has 2 fully saturated rings. The first kappa shape index (κ1) is 44.3. The molecule has 2 aromatic heterocycles. The van der Waals surface area contributed by atoms with Crippen LogP contribution in [0.25, 0.3) is 22.4 Å². The number of nitrogens with one attached hydrogen (secondary N) is 3. The van der Waals surface area contributed by atoms with E-state index in [1.54, 1.807) is 11.8 Å². The molecule has 3 N–H and O–H groups in total. The Morgan fingerprint density at radius 3 is 2.27 bits per heavy atom. The highest BCUT2D eigenvalue weighted by Crippen LogP contribution is 2.35. The van der Waals surface area contributed by atoms with Gasteiger partial charge in [0, 0.05) is 93.0 Å². The van der Waals surface area contributed by atoms with Gasteiger partial charge in [-0.1, -0.05) is 24.6 Å². The number of amides is 4. The summed E-state index contributed by atoms with van der Waals surface area (Å²) < 4.78 is 61.1. The van der Waals surface area contributed by atoms with Gasteiger partial charge in [0.25, 0.3) is 11.8 Å². The quantitative estimate of drug-likeness (QED) is 0.162. The summed E-state index contributed by atoms with van der Waals surface area (Å²) in [6, 6.07) is 6.85. The summed E-state index contributed by atoms with van der Waals surface area (Å²) in [5.41, 5.74) is 0.989. The van der Waals surface area contributed by atoms with Crippen molar-refractivity contribution in [1.29, 1.82) is 0 Å². The van der Waals surface area contributed by atoms with Gasteiger partial charge in [-0.2, -0.15) is 5.10 Å². The third-order valence-electron chi connectivity index (χ3n) is 11.3. The van der Waals surface area contributed by atoms with Crippen molar-refractivity contribution in [3.63, 3.8) is 0 Å². The van der Waals surface area contributed by atoms with E-state index in [0.717, 1.165) is 19.4 Å². The van der Waals surface area contributed by atoms with E-state index in [-0.39, 0.29) is 100 Å². The molecular formula is C42H51ClF4N9O4+. The highest BCUT2D eigenvalue weighted by molar-refractivity contribution is 6.34. The molecule has 1 saturated heterocycles. The number of benzene rings is 2. The maximum absolute atomic E-state index is 15.7. The summed E-state index contributed by atoms with van der Waals surface area (Å²) in [5.74, 6) is -6.50. The fraction of sp³-hybridized carbons (Fsp3) is 0.476. The van der Waals surface area contributed by atoms with Crippen molar-refractivity contribution in [2.45, 2.75) is 70.9 Å². The molecule has 18 heteroatoms. The Labute approximate surface area is 351 Å².